The van der Waals surface area contributed by atoms with Gasteiger partial charge in [-0.15, -0.1) is 10.2 Å². The molecule has 0 unspecified atom stereocenters. The Bertz CT molecular complexity index is 1100. The van der Waals surface area contributed by atoms with Gasteiger partial charge < -0.3 is 10.1 Å². The SMILES string of the molecule is CNC(=O)C[C@H]1N=C(c2ccc(Cl)cc2)c2cc(OC)ccc2-n2c(C)nnc21. The Morgan fingerprint density at radius 2 is 1.97 bits per heavy atom. The summed E-state index contributed by atoms with van der Waals surface area (Å²) in [5, 5.41) is 11.9. The first-order chi connectivity index (χ1) is 14.0. The van der Waals surface area contributed by atoms with Gasteiger partial charge in [0.25, 0.3) is 0 Å². The third-order valence-corrected chi connectivity index (χ3v) is 5.16. The molecule has 0 saturated carbocycles. The molecular weight excluding hydrogens is 390 g/mol. The summed E-state index contributed by atoms with van der Waals surface area (Å²) < 4.78 is 7.41. The van der Waals surface area contributed by atoms with Crippen LogP contribution in [0.3, 0.4) is 0 Å². The van der Waals surface area contributed by atoms with Gasteiger partial charge in [0.15, 0.2) is 5.82 Å². The number of halogens is 1. The Labute approximate surface area is 173 Å². The van der Waals surface area contributed by atoms with Gasteiger partial charge in [0.2, 0.25) is 5.91 Å². The van der Waals surface area contributed by atoms with Crippen LogP contribution in [0.5, 0.6) is 5.75 Å². The average Bonchev–Trinajstić information content (AvgIpc) is 3.06. The number of carbonyl (C=O) groups is 1. The first-order valence-electron chi connectivity index (χ1n) is 9.17. The normalized spacial score (nSPS) is 15.0. The topological polar surface area (TPSA) is 81.4 Å². The molecule has 148 valence electrons. The van der Waals surface area contributed by atoms with E-state index in [0.717, 1.165) is 28.4 Å². The zero-order chi connectivity index (χ0) is 20.5. The van der Waals surface area contributed by atoms with Gasteiger partial charge in [0.05, 0.1) is 24.9 Å². The van der Waals surface area contributed by atoms with Crippen LogP contribution in [0.25, 0.3) is 5.69 Å². The molecule has 0 bridgehead atoms. The smallest absolute Gasteiger partial charge is 0.222 e. The minimum atomic E-state index is -0.486. The predicted octanol–water partition coefficient (Wildman–Crippen LogP) is 3.27. The molecule has 0 aliphatic carbocycles. The molecule has 29 heavy (non-hydrogen) atoms. The van der Waals surface area contributed by atoms with Crippen molar-refractivity contribution in [3.8, 4) is 11.4 Å². The second-order valence-electron chi connectivity index (χ2n) is 6.70. The molecule has 4 rings (SSSR count). The van der Waals surface area contributed by atoms with Gasteiger partial charge in [-0.25, -0.2) is 0 Å². The summed E-state index contributed by atoms with van der Waals surface area (Å²) in [6.45, 7) is 1.88. The van der Waals surface area contributed by atoms with Crippen LogP contribution < -0.4 is 10.1 Å². The second kappa shape index (κ2) is 7.67. The first-order valence-corrected chi connectivity index (χ1v) is 9.54. The molecule has 1 aliphatic heterocycles. The van der Waals surface area contributed by atoms with E-state index in [4.69, 9.17) is 21.3 Å². The Morgan fingerprint density at radius 1 is 1.21 bits per heavy atom. The molecule has 1 amide bonds. The summed E-state index contributed by atoms with van der Waals surface area (Å²) in [6, 6.07) is 12.8. The summed E-state index contributed by atoms with van der Waals surface area (Å²) in [6.07, 6.45) is 0.164. The molecule has 2 aromatic carbocycles. The molecule has 1 N–H and O–H groups in total. The lowest BCUT2D eigenvalue weighted by Gasteiger charge is -2.14. The van der Waals surface area contributed by atoms with Crippen molar-refractivity contribution in [2.75, 3.05) is 14.2 Å². The first kappa shape index (κ1) is 19.1. The number of amides is 1. The fourth-order valence-corrected chi connectivity index (χ4v) is 3.58. The van der Waals surface area contributed by atoms with Gasteiger partial charge in [-0.05, 0) is 37.3 Å². The fraction of sp³-hybridized carbons (Fsp3) is 0.238. The summed E-state index contributed by atoms with van der Waals surface area (Å²) >= 11 is 6.09. The van der Waals surface area contributed by atoms with Gasteiger partial charge in [-0.3, -0.25) is 14.4 Å². The molecule has 0 saturated heterocycles. The molecule has 1 atom stereocenters. The van der Waals surface area contributed by atoms with Gasteiger partial charge in [0.1, 0.15) is 17.6 Å². The van der Waals surface area contributed by atoms with Crippen molar-refractivity contribution in [2.45, 2.75) is 19.4 Å². The van der Waals surface area contributed by atoms with Crippen LogP contribution in [0.1, 0.15) is 35.2 Å². The quantitative estimate of drug-likeness (QED) is 0.717. The fourth-order valence-electron chi connectivity index (χ4n) is 3.45. The summed E-state index contributed by atoms with van der Waals surface area (Å²) in [5.74, 6) is 1.94. The van der Waals surface area contributed by atoms with E-state index in [2.05, 4.69) is 15.5 Å². The molecular formula is C21H20ClN5O2. The summed E-state index contributed by atoms with van der Waals surface area (Å²) in [5.41, 5.74) is 3.39. The van der Waals surface area contributed by atoms with E-state index in [1.807, 2.05) is 54.0 Å². The highest BCUT2D eigenvalue weighted by Gasteiger charge is 2.29. The number of methoxy groups -OCH3 is 1. The Hall–Kier alpha value is -3.19. The molecule has 3 aromatic rings. The number of hydrogen-bond acceptors (Lipinski definition) is 5. The number of carbonyl (C=O) groups excluding carboxylic acids is 1. The van der Waals surface area contributed by atoms with E-state index in [1.54, 1.807) is 14.2 Å². The van der Waals surface area contributed by atoms with Crippen molar-refractivity contribution in [3.63, 3.8) is 0 Å². The number of nitrogens with one attached hydrogen (secondary N) is 1. The number of aryl methyl sites for hydroxylation is 1. The van der Waals surface area contributed by atoms with Crippen LogP contribution in [0.2, 0.25) is 5.02 Å². The van der Waals surface area contributed by atoms with Gasteiger partial charge in [-0.2, -0.15) is 0 Å². The van der Waals surface area contributed by atoms with Crippen LogP contribution >= 0.6 is 11.6 Å². The van der Waals surface area contributed by atoms with Gasteiger partial charge in [-0.1, -0.05) is 23.7 Å². The Morgan fingerprint density at radius 3 is 2.66 bits per heavy atom. The van der Waals surface area contributed by atoms with E-state index in [1.165, 1.54) is 0 Å². The molecule has 1 aromatic heterocycles. The number of hydrogen-bond donors (Lipinski definition) is 1. The Kier molecular flexibility index (Phi) is 5.07. The molecule has 0 fully saturated rings. The largest absolute Gasteiger partial charge is 0.497 e. The van der Waals surface area contributed by atoms with Crippen molar-refractivity contribution >= 4 is 23.2 Å². The van der Waals surface area contributed by atoms with Crippen molar-refractivity contribution in [2.24, 2.45) is 4.99 Å². The van der Waals surface area contributed by atoms with Crippen LogP contribution in [0, 0.1) is 6.92 Å². The lowest BCUT2D eigenvalue weighted by atomic mass is 10.00. The number of nitrogens with zero attached hydrogens (tertiary/aromatic N) is 4. The molecule has 2 heterocycles. The maximum atomic E-state index is 12.2. The number of ether oxygens (including phenoxy) is 1. The van der Waals surface area contributed by atoms with Gasteiger partial charge in [0, 0.05) is 23.2 Å². The Balaban J connectivity index is 1.99. The highest BCUT2D eigenvalue weighted by molar-refractivity contribution is 6.30. The van der Waals surface area contributed by atoms with Crippen LogP contribution in [-0.2, 0) is 4.79 Å². The summed E-state index contributed by atoms with van der Waals surface area (Å²) in [4.78, 5) is 17.2. The van der Waals surface area contributed by atoms with Gasteiger partial charge >= 0.3 is 0 Å². The van der Waals surface area contributed by atoms with E-state index < -0.39 is 6.04 Å². The average molecular weight is 410 g/mol. The lowest BCUT2D eigenvalue weighted by Crippen LogP contribution is -2.21. The van der Waals surface area contributed by atoms with Crippen LogP contribution in [0.15, 0.2) is 47.5 Å². The maximum Gasteiger partial charge on any atom is 0.222 e. The lowest BCUT2D eigenvalue weighted by molar-refractivity contribution is -0.121. The number of rotatable bonds is 4. The molecule has 0 radical (unpaired) electrons. The predicted molar refractivity (Wildman–Crippen MR) is 111 cm³/mol. The minimum Gasteiger partial charge on any atom is -0.497 e. The number of fused-ring (bicyclic) bond motifs is 3. The zero-order valence-electron chi connectivity index (χ0n) is 16.3. The molecule has 1 aliphatic rings. The third kappa shape index (κ3) is 3.49. The second-order valence-corrected chi connectivity index (χ2v) is 7.14. The van der Waals surface area contributed by atoms with Crippen LogP contribution in [0.4, 0.5) is 0 Å². The van der Waals surface area contributed by atoms with E-state index in [0.29, 0.717) is 16.6 Å². The van der Waals surface area contributed by atoms with Crippen molar-refractivity contribution in [1.29, 1.82) is 0 Å². The number of aromatic nitrogens is 3. The van der Waals surface area contributed by atoms with Crippen LogP contribution in [-0.4, -0.2) is 40.5 Å². The van der Waals surface area contributed by atoms with Crippen molar-refractivity contribution in [3.05, 3.63) is 70.3 Å². The number of benzene rings is 2. The minimum absolute atomic E-state index is 0.120. The molecule has 8 heteroatoms. The van der Waals surface area contributed by atoms with Crippen molar-refractivity contribution < 1.29 is 9.53 Å². The van der Waals surface area contributed by atoms with E-state index in [9.17, 15) is 4.79 Å². The van der Waals surface area contributed by atoms with E-state index >= 15 is 0 Å². The highest BCUT2D eigenvalue weighted by Crippen LogP contribution is 2.34. The third-order valence-electron chi connectivity index (χ3n) is 4.91. The molecule has 0 spiro atoms. The number of aliphatic imine (C=N–C) groups is 1. The maximum absolute atomic E-state index is 12.2. The standard InChI is InChI=1S/C21H20ClN5O2/c1-12-25-26-21-17(11-19(28)23-2)24-20(13-4-6-14(22)7-5-13)16-10-15(29-3)8-9-18(16)27(12)21/h4-10,17H,11H2,1-3H3,(H,23,28)/t17-/m1/s1. The molecule has 7 nitrogen and oxygen atoms in total. The zero-order valence-corrected chi connectivity index (χ0v) is 17.1. The van der Waals surface area contributed by atoms with Crippen molar-refractivity contribution in [1.82, 2.24) is 20.1 Å². The monoisotopic (exact) mass is 409 g/mol. The summed E-state index contributed by atoms with van der Waals surface area (Å²) in [7, 11) is 3.24. The van der Waals surface area contributed by atoms with E-state index in [-0.39, 0.29) is 12.3 Å². The highest BCUT2D eigenvalue weighted by atomic mass is 35.5.